The van der Waals surface area contributed by atoms with Crippen molar-refractivity contribution in [2.75, 3.05) is 9.80 Å². The highest BCUT2D eigenvalue weighted by Crippen LogP contribution is 2.57. The molecule has 0 unspecified atom stereocenters. The van der Waals surface area contributed by atoms with Gasteiger partial charge in [0.05, 0.1) is 5.41 Å². The Kier molecular flexibility index (Phi) is 11.1. The summed E-state index contributed by atoms with van der Waals surface area (Å²) in [6, 6.07) is 110. The molecule has 1 aliphatic rings. The molecule has 14 rings (SSSR count). The van der Waals surface area contributed by atoms with Gasteiger partial charge < -0.3 is 14.2 Å². The molecule has 0 aliphatic heterocycles. The van der Waals surface area contributed by atoms with Crippen molar-refractivity contribution in [3.8, 4) is 44.5 Å². The fourth-order valence-corrected chi connectivity index (χ4v) is 11.8. The molecule has 0 spiro atoms. The molecule has 0 N–H and O–H groups in total. The number of hydrogen-bond acceptors (Lipinski definition) is 3. The molecule has 0 atom stereocenters. The molecule has 0 saturated carbocycles. The molecule has 0 fully saturated rings. The van der Waals surface area contributed by atoms with Gasteiger partial charge in [0, 0.05) is 51.0 Å². The maximum atomic E-state index is 6.62. The van der Waals surface area contributed by atoms with E-state index in [1.165, 1.54) is 61.2 Å². The molecule has 0 bridgehead atoms. The number of benzene rings is 12. The maximum absolute atomic E-state index is 6.62. The molecule has 0 saturated heterocycles. The summed E-state index contributed by atoms with van der Waals surface area (Å²) in [5.41, 5.74) is 21.9. The third-order valence-electron chi connectivity index (χ3n) is 15.3. The Morgan fingerprint density at radius 1 is 0.237 bits per heavy atom. The Morgan fingerprint density at radius 2 is 0.618 bits per heavy atom. The van der Waals surface area contributed by atoms with E-state index in [0.717, 1.165) is 61.6 Å². The van der Waals surface area contributed by atoms with Crippen molar-refractivity contribution in [3.05, 3.63) is 326 Å². The van der Waals surface area contributed by atoms with Gasteiger partial charge in [-0.2, -0.15) is 0 Å². The second-order valence-electron chi connectivity index (χ2n) is 19.6. The molecule has 0 amide bonds. The number of fused-ring (bicyclic) bond motifs is 6. The Morgan fingerprint density at radius 3 is 1.18 bits per heavy atom. The van der Waals surface area contributed by atoms with Gasteiger partial charge in [0.25, 0.3) is 0 Å². The average molecular weight is 971 g/mol. The lowest BCUT2D eigenvalue weighted by Gasteiger charge is -2.35. The third kappa shape index (κ3) is 7.68. The van der Waals surface area contributed by atoms with Crippen LogP contribution < -0.4 is 9.80 Å². The minimum atomic E-state index is -0.570. The van der Waals surface area contributed by atoms with Gasteiger partial charge in [-0.05, 0) is 140 Å². The Hall–Kier alpha value is -9.96. The van der Waals surface area contributed by atoms with Crippen LogP contribution in [0, 0.1) is 0 Å². The van der Waals surface area contributed by atoms with E-state index in [9.17, 15) is 0 Å². The van der Waals surface area contributed by atoms with Crippen LogP contribution in [-0.2, 0) is 5.41 Å². The van der Waals surface area contributed by atoms with Crippen LogP contribution >= 0.6 is 0 Å². The first-order valence-corrected chi connectivity index (χ1v) is 26.1. The molecule has 358 valence electrons. The van der Waals surface area contributed by atoms with Crippen molar-refractivity contribution in [3.63, 3.8) is 0 Å². The lowest BCUT2D eigenvalue weighted by Crippen LogP contribution is -2.28. The number of rotatable bonds is 11. The van der Waals surface area contributed by atoms with E-state index in [1.54, 1.807) is 0 Å². The van der Waals surface area contributed by atoms with Gasteiger partial charge in [-0.1, -0.05) is 224 Å². The number of nitrogens with zero attached hydrogens (tertiary/aromatic N) is 2. The van der Waals surface area contributed by atoms with E-state index in [0.29, 0.717) is 0 Å². The number of anilines is 6. The predicted octanol–water partition coefficient (Wildman–Crippen LogP) is 19.9. The normalized spacial score (nSPS) is 12.3. The van der Waals surface area contributed by atoms with Gasteiger partial charge >= 0.3 is 0 Å². The molecule has 76 heavy (non-hydrogen) atoms. The lowest BCUT2D eigenvalue weighted by molar-refractivity contribution is 0.669. The van der Waals surface area contributed by atoms with Crippen molar-refractivity contribution in [1.82, 2.24) is 0 Å². The van der Waals surface area contributed by atoms with Crippen LogP contribution in [-0.4, -0.2) is 0 Å². The largest absolute Gasteiger partial charge is 0.456 e. The molecule has 1 aliphatic carbocycles. The van der Waals surface area contributed by atoms with Crippen molar-refractivity contribution in [2.45, 2.75) is 5.41 Å². The second kappa shape index (κ2) is 18.8. The molecular weight excluding hydrogens is 921 g/mol. The lowest BCUT2D eigenvalue weighted by atomic mass is 9.67. The maximum Gasteiger partial charge on any atom is 0.137 e. The molecular formula is C73H50N2O. The summed E-state index contributed by atoms with van der Waals surface area (Å²) in [6.07, 6.45) is 0. The van der Waals surface area contributed by atoms with Gasteiger partial charge in [0.1, 0.15) is 11.2 Å². The zero-order valence-electron chi connectivity index (χ0n) is 41.7. The molecule has 3 nitrogen and oxygen atoms in total. The van der Waals surface area contributed by atoms with Gasteiger partial charge in [0.15, 0.2) is 0 Å². The zero-order valence-corrected chi connectivity index (χ0v) is 41.7. The fraction of sp³-hybridized carbons (Fsp3) is 0.0137. The Balaban J connectivity index is 0.930. The van der Waals surface area contributed by atoms with Crippen LogP contribution in [0.2, 0.25) is 0 Å². The topological polar surface area (TPSA) is 19.6 Å². The average Bonchev–Trinajstić information content (AvgIpc) is 4.07. The molecule has 0 radical (unpaired) electrons. The number of furan rings is 1. The summed E-state index contributed by atoms with van der Waals surface area (Å²) >= 11 is 0. The summed E-state index contributed by atoms with van der Waals surface area (Å²) in [7, 11) is 0. The monoisotopic (exact) mass is 970 g/mol. The van der Waals surface area contributed by atoms with Crippen molar-refractivity contribution in [1.29, 1.82) is 0 Å². The summed E-state index contributed by atoms with van der Waals surface area (Å²) in [5, 5.41) is 2.19. The van der Waals surface area contributed by atoms with E-state index in [4.69, 9.17) is 4.42 Å². The second-order valence-corrected chi connectivity index (χ2v) is 19.6. The first-order valence-electron chi connectivity index (χ1n) is 26.1. The first-order chi connectivity index (χ1) is 37.7. The van der Waals surface area contributed by atoms with Gasteiger partial charge in [-0.25, -0.2) is 0 Å². The highest BCUT2D eigenvalue weighted by Gasteiger charge is 2.46. The van der Waals surface area contributed by atoms with Crippen LogP contribution in [0.5, 0.6) is 0 Å². The fourth-order valence-electron chi connectivity index (χ4n) is 11.8. The van der Waals surface area contributed by atoms with Crippen LogP contribution in [0.4, 0.5) is 34.1 Å². The standard InChI is InChI=1S/C73H50N2O/c1-4-18-51(19-5-1)53-34-36-54(37-35-53)56-40-44-60(45-41-56)74(59-42-38-55(39-43-59)52-20-6-2-7-21-52)62-26-17-27-63(49-62)75(64-46-47-68-67-30-12-15-33-71(67)76-72(68)50-64)61-25-16-24-58(48-61)73(57-22-8-3-9-23-57)69-31-13-10-28-65(69)66-29-11-14-32-70(66)73/h1-50H. The van der Waals surface area contributed by atoms with Crippen molar-refractivity contribution in [2.24, 2.45) is 0 Å². The minimum absolute atomic E-state index is 0.570. The molecule has 1 heterocycles. The minimum Gasteiger partial charge on any atom is -0.456 e. The van der Waals surface area contributed by atoms with E-state index in [1.807, 2.05) is 6.07 Å². The van der Waals surface area contributed by atoms with Gasteiger partial charge in [-0.15, -0.1) is 0 Å². The van der Waals surface area contributed by atoms with Crippen LogP contribution in [0.25, 0.3) is 66.4 Å². The van der Waals surface area contributed by atoms with E-state index in [-0.39, 0.29) is 0 Å². The summed E-state index contributed by atoms with van der Waals surface area (Å²) in [6.45, 7) is 0. The third-order valence-corrected chi connectivity index (χ3v) is 15.3. The number of hydrogen-bond donors (Lipinski definition) is 0. The Bertz CT molecular complexity index is 4160. The van der Waals surface area contributed by atoms with Crippen LogP contribution in [0.3, 0.4) is 0 Å². The molecule has 12 aromatic carbocycles. The summed E-state index contributed by atoms with van der Waals surface area (Å²) in [4.78, 5) is 4.76. The van der Waals surface area contributed by atoms with Gasteiger partial charge in [0.2, 0.25) is 0 Å². The van der Waals surface area contributed by atoms with E-state index >= 15 is 0 Å². The SMILES string of the molecule is c1ccc(-c2ccc(-c3ccc(N(c4ccc(-c5ccccc5)cc4)c4cccc(N(c5cccc(C6(c7ccccc7)c7ccccc7-c7ccccc76)c5)c5ccc6c(c5)oc5ccccc56)c4)cc3)cc2)cc1. The predicted molar refractivity (Wildman–Crippen MR) is 317 cm³/mol. The van der Waals surface area contributed by atoms with E-state index in [2.05, 4.69) is 307 Å². The van der Waals surface area contributed by atoms with E-state index < -0.39 is 5.41 Å². The quantitative estimate of drug-likeness (QED) is 0.129. The van der Waals surface area contributed by atoms with Crippen LogP contribution in [0.1, 0.15) is 22.3 Å². The highest BCUT2D eigenvalue weighted by atomic mass is 16.3. The smallest absolute Gasteiger partial charge is 0.137 e. The van der Waals surface area contributed by atoms with Crippen molar-refractivity contribution >= 4 is 56.1 Å². The first kappa shape index (κ1) is 44.7. The summed E-state index contributed by atoms with van der Waals surface area (Å²) in [5.74, 6) is 0. The van der Waals surface area contributed by atoms with Crippen LogP contribution in [0.15, 0.2) is 308 Å². The zero-order chi connectivity index (χ0) is 50.4. The summed E-state index contributed by atoms with van der Waals surface area (Å²) < 4.78 is 6.62. The van der Waals surface area contributed by atoms with Gasteiger partial charge in [-0.3, -0.25) is 0 Å². The number of para-hydroxylation sites is 1. The van der Waals surface area contributed by atoms with Crippen molar-refractivity contribution < 1.29 is 4.42 Å². The molecule has 13 aromatic rings. The highest BCUT2D eigenvalue weighted by molar-refractivity contribution is 6.06. The molecule has 1 aromatic heterocycles. The molecule has 3 heteroatoms. The Labute approximate surface area is 443 Å².